The summed E-state index contributed by atoms with van der Waals surface area (Å²) in [5, 5.41) is 0.245. The highest BCUT2D eigenvalue weighted by Crippen LogP contribution is 2.21. The summed E-state index contributed by atoms with van der Waals surface area (Å²) < 4.78 is 36.5. The smallest absolute Gasteiger partial charge is 0.299 e. The topological polar surface area (TPSA) is 60.2 Å². The van der Waals surface area contributed by atoms with Crippen molar-refractivity contribution in [1.29, 1.82) is 0 Å². The van der Waals surface area contributed by atoms with Gasteiger partial charge < -0.3 is 5.73 Å². The zero-order chi connectivity index (χ0) is 11.6. The maximum absolute atomic E-state index is 12.9. The van der Waals surface area contributed by atoms with Crippen LogP contribution in [0.15, 0.2) is 12.1 Å². The average Bonchev–Trinajstić information content (AvgIpc) is 2.61. The average molecular weight is 237 g/mol. The van der Waals surface area contributed by atoms with E-state index in [1.54, 1.807) is 0 Å². The highest BCUT2D eigenvalue weighted by atomic mass is 32.1. The molecule has 2 N–H and O–H groups in total. The minimum Gasteiger partial charge on any atom is -0.391 e. The first-order valence-electron chi connectivity index (χ1n) is 3.79. The number of alkyl halides is 3. The Morgan fingerprint density at radius 2 is 1.87 bits per heavy atom. The second-order valence-corrected chi connectivity index (χ2v) is 3.75. The highest BCUT2D eigenvalue weighted by molar-refractivity contribution is 7.17. The van der Waals surface area contributed by atoms with Gasteiger partial charge in [0.2, 0.25) is 17.7 Å². The molecule has 0 aliphatic rings. The Balaban J connectivity index is 2.82. The van der Waals surface area contributed by atoms with Crippen molar-refractivity contribution < 1.29 is 22.8 Å². The molecule has 0 spiro atoms. The predicted molar refractivity (Wildman–Crippen MR) is 49.0 cm³/mol. The minimum absolute atomic E-state index is 0.144. The molecule has 0 radical (unpaired) electrons. The van der Waals surface area contributed by atoms with Crippen LogP contribution in [0.4, 0.5) is 18.2 Å². The number of carbonyl (C=O) groups excluding carboxylic acids is 2. The molecule has 1 unspecified atom stereocenters. The van der Waals surface area contributed by atoms with E-state index in [0.717, 1.165) is 11.3 Å². The number of Topliss-reactive ketones (excluding diaryl/α,β-unsaturated/α-hetero) is 2. The van der Waals surface area contributed by atoms with Crippen LogP contribution in [0.5, 0.6) is 0 Å². The third kappa shape index (κ3) is 2.56. The Hall–Kier alpha value is -1.37. The summed E-state index contributed by atoms with van der Waals surface area (Å²) in [6.07, 6.45) is -6.30. The molecule has 1 aromatic rings. The third-order valence-corrected chi connectivity index (χ3v) is 2.49. The van der Waals surface area contributed by atoms with Gasteiger partial charge in [-0.15, -0.1) is 11.3 Å². The van der Waals surface area contributed by atoms with Crippen LogP contribution < -0.4 is 5.73 Å². The SMILES string of the molecule is Nc1ccc(C(=O)C(F)C(=O)C(F)F)s1. The van der Waals surface area contributed by atoms with Crippen LogP contribution >= 0.6 is 11.3 Å². The molecule has 1 heterocycles. The number of thiophene rings is 1. The van der Waals surface area contributed by atoms with E-state index in [0.29, 0.717) is 0 Å². The van der Waals surface area contributed by atoms with E-state index in [1.165, 1.54) is 12.1 Å². The van der Waals surface area contributed by atoms with Crippen LogP contribution in [-0.4, -0.2) is 24.2 Å². The molecule has 0 aliphatic heterocycles. The van der Waals surface area contributed by atoms with Crippen LogP contribution in [0, 0.1) is 0 Å². The molecule has 82 valence electrons. The summed E-state index contributed by atoms with van der Waals surface area (Å²) in [5.74, 6) is -3.30. The number of nitrogen functional groups attached to an aromatic ring is 1. The van der Waals surface area contributed by atoms with Gasteiger partial charge in [0, 0.05) is 0 Å². The summed E-state index contributed by atoms with van der Waals surface area (Å²) >= 11 is 0.744. The molecule has 1 rings (SSSR count). The van der Waals surface area contributed by atoms with Gasteiger partial charge in [0.25, 0.3) is 6.43 Å². The number of carbonyl (C=O) groups is 2. The van der Waals surface area contributed by atoms with E-state index in [9.17, 15) is 22.8 Å². The fourth-order valence-corrected chi connectivity index (χ4v) is 1.58. The molecule has 0 aromatic carbocycles. The lowest BCUT2D eigenvalue weighted by molar-refractivity contribution is -0.132. The predicted octanol–water partition coefficient (Wildman–Crippen LogP) is 1.69. The van der Waals surface area contributed by atoms with Crippen molar-refractivity contribution in [3.05, 3.63) is 17.0 Å². The molecule has 0 amide bonds. The summed E-state index contributed by atoms with van der Waals surface area (Å²) in [6.45, 7) is 0. The molecule has 0 bridgehead atoms. The van der Waals surface area contributed by atoms with Crippen molar-refractivity contribution in [3.63, 3.8) is 0 Å². The molecular weight excluding hydrogens is 231 g/mol. The molecule has 0 saturated heterocycles. The number of nitrogens with two attached hydrogens (primary N) is 1. The van der Waals surface area contributed by atoms with Crippen molar-refractivity contribution in [2.45, 2.75) is 12.6 Å². The fraction of sp³-hybridized carbons (Fsp3) is 0.250. The van der Waals surface area contributed by atoms with Crippen LogP contribution in [0.1, 0.15) is 9.67 Å². The van der Waals surface area contributed by atoms with Gasteiger partial charge in [0.05, 0.1) is 9.88 Å². The molecule has 0 fully saturated rings. The first-order valence-corrected chi connectivity index (χ1v) is 4.60. The van der Waals surface area contributed by atoms with E-state index < -0.39 is 24.2 Å². The minimum atomic E-state index is -3.48. The lowest BCUT2D eigenvalue weighted by Crippen LogP contribution is -2.30. The highest BCUT2D eigenvalue weighted by Gasteiger charge is 2.33. The Kier molecular flexibility index (Phi) is 3.46. The number of rotatable bonds is 4. The zero-order valence-electron chi connectivity index (χ0n) is 7.25. The van der Waals surface area contributed by atoms with Crippen molar-refractivity contribution in [2.24, 2.45) is 0 Å². The molecule has 1 aromatic heterocycles. The van der Waals surface area contributed by atoms with Gasteiger partial charge in [0.15, 0.2) is 0 Å². The Bertz CT molecular complexity index is 391. The maximum Gasteiger partial charge on any atom is 0.299 e. The second-order valence-electron chi connectivity index (χ2n) is 2.63. The summed E-state index contributed by atoms with van der Waals surface area (Å²) in [4.78, 5) is 21.5. The summed E-state index contributed by atoms with van der Waals surface area (Å²) in [6, 6.07) is 2.52. The quantitative estimate of drug-likeness (QED) is 0.640. The standard InChI is InChI=1S/C8H6F3NO2S/c9-5(7(14)8(10)11)6(13)3-1-2-4(12)15-3/h1-2,5,8H,12H2. The van der Waals surface area contributed by atoms with E-state index in [1.807, 2.05) is 0 Å². The van der Waals surface area contributed by atoms with E-state index >= 15 is 0 Å². The molecule has 0 saturated carbocycles. The molecular formula is C8H6F3NO2S. The Labute approximate surface area is 86.7 Å². The third-order valence-electron chi connectivity index (χ3n) is 1.56. The summed E-state index contributed by atoms with van der Waals surface area (Å²) in [7, 11) is 0. The molecule has 3 nitrogen and oxygen atoms in total. The number of ketones is 2. The van der Waals surface area contributed by atoms with Gasteiger partial charge in [-0.1, -0.05) is 0 Å². The van der Waals surface area contributed by atoms with Crippen molar-refractivity contribution in [1.82, 2.24) is 0 Å². The van der Waals surface area contributed by atoms with Gasteiger partial charge >= 0.3 is 0 Å². The van der Waals surface area contributed by atoms with E-state index in [-0.39, 0.29) is 9.88 Å². The van der Waals surface area contributed by atoms with Gasteiger partial charge in [-0.2, -0.15) is 0 Å². The monoisotopic (exact) mass is 237 g/mol. The normalized spacial score (nSPS) is 12.8. The van der Waals surface area contributed by atoms with Crippen LogP contribution in [0.2, 0.25) is 0 Å². The Morgan fingerprint density at radius 1 is 1.27 bits per heavy atom. The summed E-state index contributed by atoms with van der Waals surface area (Å²) in [5.41, 5.74) is 5.26. The van der Waals surface area contributed by atoms with Crippen LogP contribution in [0.3, 0.4) is 0 Å². The zero-order valence-corrected chi connectivity index (χ0v) is 8.06. The number of hydrogen-bond acceptors (Lipinski definition) is 4. The second kappa shape index (κ2) is 4.43. The van der Waals surface area contributed by atoms with Crippen molar-refractivity contribution >= 4 is 27.9 Å². The largest absolute Gasteiger partial charge is 0.391 e. The first kappa shape index (κ1) is 11.7. The molecule has 1 atom stereocenters. The fourth-order valence-electron chi connectivity index (χ4n) is 0.850. The van der Waals surface area contributed by atoms with Gasteiger partial charge in [-0.25, -0.2) is 13.2 Å². The van der Waals surface area contributed by atoms with Gasteiger partial charge in [-0.3, -0.25) is 9.59 Å². The number of anilines is 1. The maximum atomic E-state index is 12.9. The van der Waals surface area contributed by atoms with E-state index in [4.69, 9.17) is 5.73 Å². The number of halogens is 3. The van der Waals surface area contributed by atoms with Gasteiger partial charge in [0.1, 0.15) is 0 Å². The van der Waals surface area contributed by atoms with Crippen molar-refractivity contribution in [3.8, 4) is 0 Å². The first-order chi connectivity index (χ1) is 6.93. The van der Waals surface area contributed by atoms with Crippen LogP contribution in [0.25, 0.3) is 0 Å². The Morgan fingerprint density at radius 3 is 2.27 bits per heavy atom. The van der Waals surface area contributed by atoms with Crippen LogP contribution in [-0.2, 0) is 4.79 Å². The molecule has 7 heteroatoms. The van der Waals surface area contributed by atoms with Gasteiger partial charge in [-0.05, 0) is 12.1 Å². The van der Waals surface area contributed by atoms with E-state index in [2.05, 4.69) is 0 Å². The molecule has 0 aliphatic carbocycles. The van der Waals surface area contributed by atoms with Crippen molar-refractivity contribution in [2.75, 3.05) is 5.73 Å². The molecule has 15 heavy (non-hydrogen) atoms. The number of hydrogen-bond donors (Lipinski definition) is 1. The lowest BCUT2D eigenvalue weighted by Gasteiger charge is -2.03. The lowest BCUT2D eigenvalue weighted by atomic mass is 10.1.